The molecule has 19 heavy (non-hydrogen) atoms. The summed E-state index contributed by atoms with van der Waals surface area (Å²) in [6.07, 6.45) is 3.90. The zero-order valence-electron chi connectivity index (χ0n) is 12.6. The fraction of sp³-hybridized carbons (Fsp3) is 0.867. The molecule has 1 heterocycles. The van der Waals surface area contributed by atoms with Gasteiger partial charge in [-0.1, -0.05) is 6.92 Å². The minimum Gasteiger partial charge on any atom is -0.466 e. The first-order valence-electron chi connectivity index (χ1n) is 7.49. The summed E-state index contributed by atoms with van der Waals surface area (Å²) in [5, 5.41) is 0. The zero-order chi connectivity index (χ0) is 14.4. The van der Waals surface area contributed by atoms with E-state index < -0.39 is 0 Å². The Morgan fingerprint density at radius 2 is 1.79 bits per heavy atom. The summed E-state index contributed by atoms with van der Waals surface area (Å²) in [4.78, 5) is 25.9. The second kappa shape index (κ2) is 7.51. The van der Waals surface area contributed by atoms with Crippen molar-refractivity contribution in [1.82, 2.24) is 4.90 Å². The van der Waals surface area contributed by atoms with Crippen molar-refractivity contribution in [2.24, 2.45) is 5.92 Å². The lowest BCUT2D eigenvalue weighted by Gasteiger charge is -2.30. The molecule has 0 radical (unpaired) electrons. The van der Waals surface area contributed by atoms with Crippen LogP contribution in [0, 0.1) is 5.92 Å². The van der Waals surface area contributed by atoms with Crippen LogP contribution in [0.25, 0.3) is 0 Å². The SMILES string of the molecule is CCOC(=O)CC[C@H](CC)C(=O)N1[C@H](C)CC[C@H]1C. The summed E-state index contributed by atoms with van der Waals surface area (Å²) in [6.45, 7) is 8.44. The molecular formula is C15H27NO3. The minimum atomic E-state index is -0.198. The zero-order valence-corrected chi connectivity index (χ0v) is 12.6. The molecule has 1 saturated heterocycles. The summed E-state index contributed by atoms with van der Waals surface area (Å²) < 4.78 is 4.92. The molecular weight excluding hydrogens is 242 g/mol. The molecule has 0 bridgehead atoms. The van der Waals surface area contributed by atoms with Crippen molar-refractivity contribution in [2.45, 2.75) is 71.9 Å². The summed E-state index contributed by atoms with van der Waals surface area (Å²) in [7, 11) is 0. The van der Waals surface area contributed by atoms with Crippen molar-refractivity contribution in [1.29, 1.82) is 0 Å². The lowest BCUT2D eigenvalue weighted by Crippen LogP contribution is -2.42. The predicted molar refractivity (Wildman–Crippen MR) is 74.7 cm³/mol. The average Bonchev–Trinajstić information content (AvgIpc) is 2.70. The van der Waals surface area contributed by atoms with E-state index in [9.17, 15) is 9.59 Å². The van der Waals surface area contributed by atoms with Crippen molar-refractivity contribution in [3.63, 3.8) is 0 Å². The van der Waals surface area contributed by atoms with Gasteiger partial charge in [0.1, 0.15) is 0 Å². The number of carbonyl (C=O) groups is 2. The highest BCUT2D eigenvalue weighted by Gasteiger charge is 2.34. The van der Waals surface area contributed by atoms with E-state index in [4.69, 9.17) is 4.74 Å². The maximum Gasteiger partial charge on any atom is 0.305 e. The monoisotopic (exact) mass is 269 g/mol. The van der Waals surface area contributed by atoms with Crippen molar-refractivity contribution >= 4 is 11.9 Å². The Morgan fingerprint density at radius 1 is 1.21 bits per heavy atom. The summed E-state index contributed by atoms with van der Waals surface area (Å²) in [6, 6.07) is 0.665. The molecule has 1 aliphatic heterocycles. The van der Waals surface area contributed by atoms with E-state index in [1.54, 1.807) is 6.92 Å². The third-order valence-corrected chi connectivity index (χ3v) is 4.05. The Kier molecular flexibility index (Phi) is 6.32. The number of amides is 1. The molecule has 0 aliphatic carbocycles. The van der Waals surface area contributed by atoms with Gasteiger partial charge in [0.05, 0.1) is 6.61 Å². The van der Waals surface area contributed by atoms with Crippen molar-refractivity contribution in [2.75, 3.05) is 6.61 Å². The molecule has 1 fully saturated rings. The topological polar surface area (TPSA) is 46.6 Å². The predicted octanol–water partition coefficient (Wildman–Crippen LogP) is 2.76. The maximum absolute atomic E-state index is 12.5. The largest absolute Gasteiger partial charge is 0.466 e. The van der Waals surface area contributed by atoms with Gasteiger partial charge in [-0.05, 0) is 46.5 Å². The van der Waals surface area contributed by atoms with Crippen LogP contribution in [0.5, 0.6) is 0 Å². The Hall–Kier alpha value is -1.06. The first-order valence-corrected chi connectivity index (χ1v) is 7.49. The Balaban J connectivity index is 2.54. The number of hydrogen-bond acceptors (Lipinski definition) is 3. The lowest BCUT2D eigenvalue weighted by molar-refractivity contribution is -0.144. The van der Waals surface area contributed by atoms with Crippen LogP contribution in [0.2, 0.25) is 0 Å². The molecule has 0 aromatic rings. The van der Waals surface area contributed by atoms with E-state index in [0.717, 1.165) is 19.3 Å². The second-order valence-corrected chi connectivity index (χ2v) is 5.47. The minimum absolute atomic E-state index is 0.0487. The molecule has 0 saturated carbocycles. The molecule has 3 atom stereocenters. The van der Waals surface area contributed by atoms with Crippen molar-refractivity contribution < 1.29 is 14.3 Å². The van der Waals surface area contributed by atoms with Crippen LogP contribution in [0.15, 0.2) is 0 Å². The van der Waals surface area contributed by atoms with Crippen LogP contribution < -0.4 is 0 Å². The Bertz CT molecular complexity index is 307. The number of nitrogens with zero attached hydrogens (tertiary/aromatic N) is 1. The number of carbonyl (C=O) groups excluding carboxylic acids is 2. The number of esters is 1. The molecule has 110 valence electrons. The first kappa shape index (κ1) is 16.0. The van der Waals surface area contributed by atoms with E-state index in [1.165, 1.54) is 0 Å². The first-order chi connectivity index (χ1) is 9.01. The third-order valence-electron chi connectivity index (χ3n) is 4.05. The van der Waals surface area contributed by atoms with Gasteiger partial charge in [0.25, 0.3) is 0 Å². The van der Waals surface area contributed by atoms with Crippen LogP contribution in [-0.4, -0.2) is 35.5 Å². The molecule has 4 nitrogen and oxygen atoms in total. The van der Waals surface area contributed by atoms with Crippen molar-refractivity contribution in [3.05, 3.63) is 0 Å². The number of rotatable bonds is 6. The highest BCUT2D eigenvalue weighted by atomic mass is 16.5. The van der Waals surface area contributed by atoms with Crippen LogP contribution in [0.3, 0.4) is 0 Å². The fourth-order valence-electron chi connectivity index (χ4n) is 2.87. The second-order valence-electron chi connectivity index (χ2n) is 5.47. The van der Waals surface area contributed by atoms with E-state index in [2.05, 4.69) is 13.8 Å². The summed E-state index contributed by atoms with van der Waals surface area (Å²) in [5.41, 5.74) is 0. The normalized spacial score (nSPS) is 24.3. The van der Waals surface area contributed by atoms with E-state index in [-0.39, 0.29) is 17.8 Å². The Morgan fingerprint density at radius 3 is 2.26 bits per heavy atom. The van der Waals surface area contributed by atoms with Crippen LogP contribution in [0.4, 0.5) is 0 Å². The van der Waals surface area contributed by atoms with Gasteiger partial charge in [-0.2, -0.15) is 0 Å². The van der Waals surface area contributed by atoms with Crippen LogP contribution >= 0.6 is 0 Å². The van der Waals surface area contributed by atoms with E-state index in [1.807, 2.05) is 11.8 Å². The molecule has 0 unspecified atom stereocenters. The quantitative estimate of drug-likeness (QED) is 0.697. The summed E-state index contributed by atoms with van der Waals surface area (Å²) >= 11 is 0. The molecule has 1 rings (SSSR count). The molecule has 0 spiro atoms. The van der Waals surface area contributed by atoms with E-state index >= 15 is 0 Å². The molecule has 0 N–H and O–H groups in total. The number of hydrogen-bond donors (Lipinski definition) is 0. The number of ether oxygens (including phenoxy) is 1. The van der Waals surface area contributed by atoms with Gasteiger partial charge >= 0.3 is 5.97 Å². The van der Waals surface area contributed by atoms with Crippen LogP contribution in [0.1, 0.15) is 59.8 Å². The Labute approximate surface area is 116 Å². The maximum atomic E-state index is 12.5. The highest BCUT2D eigenvalue weighted by Crippen LogP contribution is 2.27. The summed E-state index contributed by atoms with van der Waals surface area (Å²) in [5.74, 6) is -0.0343. The van der Waals surface area contributed by atoms with E-state index in [0.29, 0.717) is 31.5 Å². The van der Waals surface area contributed by atoms with Gasteiger partial charge < -0.3 is 9.64 Å². The third kappa shape index (κ3) is 4.22. The van der Waals surface area contributed by atoms with Gasteiger partial charge in [0, 0.05) is 24.4 Å². The highest BCUT2D eigenvalue weighted by molar-refractivity contribution is 5.80. The standard InChI is InChI=1S/C15H27NO3/c1-5-13(9-10-14(17)19-6-2)15(18)16-11(3)7-8-12(16)4/h11-13H,5-10H2,1-4H3/t11-,12-,13+/m1/s1. The molecule has 0 aromatic heterocycles. The fourth-order valence-corrected chi connectivity index (χ4v) is 2.87. The molecule has 4 heteroatoms. The van der Waals surface area contributed by atoms with Gasteiger partial charge in [-0.3, -0.25) is 9.59 Å². The van der Waals surface area contributed by atoms with Crippen molar-refractivity contribution in [3.8, 4) is 0 Å². The van der Waals surface area contributed by atoms with Gasteiger partial charge in [0.15, 0.2) is 0 Å². The molecule has 0 aromatic carbocycles. The van der Waals surface area contributed by atoms with Gasteiger partial charge in [-0.25, -0.2) is 0 Å². The molecule has 1 aliphatic rings. The van der Waals surface area contributed by atoms with Crippen LogP contribution in [-0.2, 0) is 14.3 Å². The average molecular weight is 269 g/mol. The van der Waals surface area contributed by atoms with Gasteiger partial charge in [-0.15, -0.1) is 0 Å². The molecule has 1 amide bonds. The lowest BCUT2D eigenvalue weighted by atomic mass is 9.98. The van der Waals surface area contributed by atoms with Gasteiger partial charge in [0.2, 0.25) is 5.91 Å². The number of likely N-dealkylation sites (tertiary alicyclic amines) is 1. The smallest absolute Gasteiger partial charge is 0.305 e.